The number of nitrogens with zero attached hydrogens (tertiary/aromatic N) is 1. The van der Waals surface area contributed by atoms with Gasteiger partial charge in [0.2, 0.25) is 5.91 Å². The van der Waals surface area contributed by atoms with E-state index in [2.05, 4.69) is 15.6 Å². The van der Waals surface area contributed by atoms with Crippen molar-refractivity contribution in [3.63, 3.8) is 0 Å². The van der Waals surface area contributed by atoms with Crippen molar-refractivity contribution in [2.24, 2.45) is 0 Å². The molecule has 0 saturated heterocycles. The number of aromatic nitrogens is 1. The summed E-state index contributed by atoms with van der Waals surface area (Å²) >= 11 is 7.49. The highest BCUT2D eigenvalue weighted by molar-refractivity contribution is 7.13. The van der Waals surface area contributed by atoms with Gasteiger partial charge >= 0.3 is 0 Å². The van der Waals surface area contributed by atoms with Crippen LogP contribution in [0, 0.1) is 6.92 Å². The van der Waals surface area contributed by atoms with Crippen LogP contribution in [-0.2, 0) is 11.2 Å². The lowest BCUT2D eigenvalue weighted by Crippen LogP contribution is -2.15. The molecule has 1 aromatic carbocycles. The number of hydrogen-bond donors (Lipinski definition) is 2. The van der Waals surface area contributed by atoms with E-state index in [-0.39, 0.29) is 12.3 Å². The molecule has 0 bridgehead atoms. The van der Waals surface area contributed by atoms with Crippen LogP contribution in [0.2, 0.25) is 5.02 Å². The first-order valence-corrected chi connectivity index (χ1v) is 7.03. The van der Waals surface area contributed by atoms with Crippen LogP contribution in [0.1, 0.15) is 11.3 Å². The van der Waals surface area contributed by atoms with Gasteiger partial charge in [-0.3, -0.25) is 4.79 Å². The Kier molecular flexibility index (Phi) is 4.39. The largest absolute Gasteiger partial charge is 0.365 e. The summed E-state index contributed by atoms with van der Waals surface area (Å²) in [6.07, 6.45) is 0.254. The van der Waals surface area contributed by atoms with Gasteiger partial charge in [0, 0.05) is 23.1 Å². The van der Waals surface area contributed by atoms with Crippen LogP contribution in [0.3, 0.4) is 0 Å². The summed E-state index contributed by atoms with van der Waals surface area (Å²) in [4.78, 5) is 16.2. The topological polar surface area (TPSA) is 54.0 Å². The molecule has 100 valence electrons. The summed E-state index contributed by atoms with van der Waals surface area (Å²) in [5.41, 5.74) is 2.36. The number of nitrogens with one attached hydrogen (secondary N) is 2. The van der Waals surface area contributed by atoms with Gasteiger partial charge in [-0.25, -0.2) is 4.98 Å². The third kappa shape index (κ3) is 3.45. The first-order valence-electron chi connectivity index (χ1n) is 5.77. The summed E-state index contributed by atoms with van der Waals surface area (Å²) in [5.74, 6) is -0.0988. The molecule has 0 radical (unpaired) electrons. The Morgan fingerprint density at radius 3 is 2.95 bits per heavy atom. The second-order valence-electron chi connectivity index (χ2n) is 4.03. The van der Waals surface area contributed by atoms with Gasteiger partial charge in [0.1, 0.15) is 0 Å². The number of benzene rings is 1. The average Bonchev–Trinajstić information content (AvgIpc) is 2.82. The molecular weight excluding hydrogens is 282 g/mol. The molecule has 2 N–H and O–H groups in total. The van der Waals surface area contributed by atoms with Crippen molar-refractivity contribution >= 4 is 39.7 Å². The average molecular weight is 296 g/mol. The smallest absolute Gasteiger partial charge is 0.230 e. The van der Waals surface area contributed by atoms with Crippen LogP contribution in [0.4, 0.5) is 10.8 Å². The van der Waals surface area contributed by atoms with Gasteiger partial charge in [-0.1, -0.05) is 17.7 Å². The van der Waals surface area contributed by atoms with Crippen LogP contribution in [-0.4, -0.2) is 17.9 Å². The maximum absolute atomic E-state index is 11.9. The molecule has 0 spiro atoms. The number of hydrogen-bond acceptors (Lipinski definition) is 4. The maximum Gasteiger partial charge on any atom is 0.230 e. The highest BCUT2D eigenvalue weighted by Gasteiger charge is 2.09. The number of carbonyl (C=O) groups is 1. The quantitative estimate of drug-likeness (QED) is 0.910. The standard InChI is InChI=1S/C13H14ClN3OS/c1-8-10(14)4-3-5-11(8)17-12(18)6-9-7-19-13(15-2)16-9/h3-5,7H,6H2,1-2H3,(H,15,16)(H,17,18). The molecule has 2 aromatic rings. The number of rotatable bonds is 4. The van der Waals surface area contributed by atoms with E-state index in [9.17, 15) is 4.79 Å². The predicted octanol–water partition coefficient (Wildman–Crippen LogP) is 3.33. The van der Waals surface area contributed by atoms with Gasteiger partial charge < -0.3 is 10.6 Å². The molecule has 6 heteroatoms. The Bertz CT molecular complexity index is 597. The van der Waals surface area contributed by atoms with Gasteiger partial charge in [0.05, 0.1) is 12.1 Å². The molecule has 0 atom stereocenters. The van der Waals surface area contributed by atoms with Crippen molar-refractivity contribution in [1.82, 2.24) is 4.98 Å². The zero-order valence-corrected chi connectivity index (χ0v) is 12.2. The highest BCUT2D eigenvalue weighted by Crippen LogP contribution is 2.23. The van der Waals surface area contributed by atoms with Crippen molar-refractivity contribution in [1.29, 1.82) is 0 Å². The monoisotopic (exact) mass is 295 g/mol. The lowest BCUT2D eigenvalue weighted by molar-refractivity contribution is -0.115. The summed E-state index contributed by atoms with van der Waals surface area (Å²) in [6.45, 7) is 1.87. The molecule has 4 nitrogen and oxygen atoms in total. The zero-order valence-electron chi connectivity index (χ0n) is 10.7. The third-order valence-electron chi connectivity index (χ3n) is 2.65. The van der Waals surface area contributed by atoms with Crippen LogP contribution in [0.15, 0.2) is 23.6 Å². The molecule has 0 aliphatic heterocycles. The van der Waals surface area contributed by atoms with E-state index >= 15 is 0 Å². The lowest BCUT2D eigenvalue weighted by Gasteiger charge is -2.08. The van der Waals surface area contributed by atoms with Crippen LogP contribution in [0.25, 0.3) is 0 Å². The highest BCUT2D eigenvalue weighted by atomic mass is 35.5. The molecule has 0 aliphatic rings. The molecule has 1 amide bonds. The van der Waals surface area contributed by atoms with E-state index in [0.29, 0.717) is 5.02 Å². The minimum atomic E-state index is -0.0988. The minimum Gasteiger partial charge on any atom is -0.365 e. The molecule has 19 heavy (non-hydrogen) atoms. The Morgan fingerprint density at radius 1 is 1.47 bits per heavy atom. The van der Waals surface area contributed by atoms with Gasteiger partial charge in [0.25, 0.3) is 0 Å². The Balaban J connectivity index is 2.03. The van der Waals surface area contributed by atoms with Gasteiger partial charge in [-0.2, -0.15) is 0 Å². The van der Waals surface area contributed by atoms with Gasteiger partial charge in [-0.05, 0) is 24.6 Å². The van der Waals surface area contributed by atoms with E-state index in [1.807, 2.05) is 24.4 Å². The van der Waals surface area contributed by atoms with E-state index in [4.69, 9.17) is 11.6 Å². The second kappa shape index (κ2) is 6.04. The Labute approximate surface area is 120 Å². The van der Waals surface area contributed by atoms with Crippen molar-refractivity contribution in [3.05, 3.63) is 39.9 Å². The molecule has 0 fully saturated rings. The van der Waals surface area contributed by atoms with E-state index < -0.39 is 0 Å². The molecular formula is C13H14ClN3OS. The van der Waals surface area contributed by atoms with Gasteiger partial charge in [-0.15, -0.1) is 11.3 Å². The fourth-order valence-corrected chi connectivity index (χ4v) is 2.45. The second-order valence-corrected chi connectivity index (χ2v) is 5.30. The molecule has 1 aromatic heterocycles. The van der Waals surface area contributed by atoms with Crippen molar-refractivity contribution in [2.75, 3.05) is 17.7 Å². The molecule has 0 saturated carbocycles. The van der Waals surface area contributed by atoms with Crippen LogP contribution in [0.5, 0.6) is 0 Å². The number of thiazole rings is 1. The first-order chi connectivity index (χ1) is 9.10. The van der Waals surface area contributed by atoms with E-state index in [0.717, 1.165) is 22.1 Å². The van der Waals surface area contributed by atoms with Crippen molar-refractivity contribution in [2.45, 2.75) is 13.3 Å². The fraction of sp³-hybridized carbons (Fsp3) is 0.231. The lowest BCUT2D eigenvalue weighted by atomic mass is 10.2. The SMILES string of the molecule is CNc1nc(CC(=O)Nc2cccc(Cl)c2C)cs1. The number of amides is 1. The number of halogens is 1. The maximum atomic E-state index is 11.9. The zero-order chi connectivity index (χ0) is 13.8. The molecule has 0 unspecified atom stereocenters. The van der Waals surface area contributed by atoms with Crippen molar-refractivity contribution < 1.29 is 4.79 Å². The minimum absolute atomic E-state index is 0.0988. The summed E-state index contributed by atoms with van der Waals surface area (Å²) in [6, 6.07) is 5.44. The number of carbonyl (C=O) groups excluding carboxylic acids is 1. The number of anilines is 2. The Morgan fingerprint density at radius 2 is 2.26 bits per heavy atom. The third-order valence-corrected chi connectivity index (χ3v) is 3.97. The molecule has 0 aliphatic carbocycles. The first kappa shape index (κ1) is 13.8. The van der Waals surface area contributed by atoms with Crippen molar-refractivity contribution in [3.8, 4) is 0 Å². The summed E-state index contributed by atoms with van der Waals surface area (Å²) in [5, 5.41) is 9.11. The van der Waals surface area contributed by atoms with Gasteiger partial charge in [0.15, 0.2) is 5.13 Å². The predicted molar refractivity (Wildman–Crippen MR) is 80.2 cm³/mol. The summed E-state index contributed by atoms with van der Waals surface area (Å²) in [7, 11) is 1.80. The fourth-order valence-electron chi connectivity index (χ4n) is 1.60. The van der Waals surface area contributed by atoms with E-state index in [1.54, 1.807) is 13.1 Å². The van der Waals surface area contributed by atoms with Crippen LogP contribution < -0.4 is 10.6 Å². The van der Waals surface area contributed by atoms with E-state index in [1.165, 1.54) is 11.3 Å². The molecule has 1 heterocycles. The van der Waals surface area contributed by atoms with Crippen LogP contribution >= 0.6 is 22.9 Å². The Hall–Kier alpha value is -1.59. The molecule has 2 rings (SSSR count). The summed E-state index contributed by atoms with van der Waals surface area (Å²) < 4.78 is 0. The normalized spacial score (nSPS) is 10.3.